The Kier molecular flexibility index (Phi) is 13.0. The summed E-state index contributed by atoms with van der Waals surface area (Å²) in [6.45, 7) is 8.36. The standard InChI is InChI=1S/C20H39N7O6/c1-9(2)13(21)16(29)26-14(10(3)4)17(30)27-15(11(5)28)18(31)25-12(19(32)33)7-6-8-24-20(22)23/h9-15,28H,6-8,21H2,1-5H3,(H,25,31)(H,26,29)(H,27,30)(H,32,33)(H4,22,23,24). The van der Waals surface area contributed by atoms with E-state index in [-0.39, 0.29) is 37.2 Å². The quantitative estimate of drug-likeness (QED) is 0.0761. The Morgan fingerprint density at radius 2 is 1.36 bits per heavy atom. The van der Waals surface area contributed by atoms with Crippen molar-refractivity contribution < 1.29 is 29.4 Å². The molecule has 13 heteroatoms. The minimum absolute atomic E-state index is 0.0239. The third-order valence-corrected chi connectivity index (χ3v) is 4.89. The van der Waals surface area contributed by atoms with Crippen LogP contribution in [0.15, 0.2) is 4.99 Å². The second kappa shape index (κ2) is 14.3. The summed E-state index contributed by atoms with van der Waals surface area (Å²) in [4.78, 5) is 53.0. The van der Waals surface area contributed by atoms with Gasteiger partial charge in [0.05, 0.1) is 12.1 Å². The van der Waals surface area contributed by atoms with Crippen molar-refractivity contribution in [3.05, 3.63) is 0 Å². The molecule has 11 N–H and O–H groups in total. The molecule has 0 heterocycles. The topological polar surface area (TPSA) is 235 Å². The Morgan fingerprint density at radius 3 is 1.79 bits per heavy atom. The zero-order chi connectivity index (χ0) is 25.9. The van der Waals surface area contributed by atoms with E-state index >= 15 is 0 Å². The zero-order valence-electron chi connectivity index (χ0n) is 19.9. The van der Waals surface area contributed by atoms with Gasteiger partial charge in [0.1, 0.15) is 18.1 Å². The lowest BCUT2D eigenvalue weighted by molar-refractivity contribution is -0.143. The molecular formula is C20H39N7O6. The van der Waals surface area contributed by atoms with Gasteiger partial charge in [-0.25, -0.2) is 4.79 Å². The molecule has 0 radical (unpaired) electrons. The summed E-state index contributed by atoms with van der Waals surface area (Å²) in [5.74, 6) is -4.06. The lowest BCUT2D eigenvalue weighted by atomic mass is 9.99. The average molecular weight is 474 g/mol. The van der Waals surface area contributed by atoms with Gasteiger partial charge in [-0.1, -0.05) is 27.7 Å². The van der Waals surface area contributed by atoms with Gasteiger partial charge >= 0.3 is 5.97 Å². The monoisotopic (exact) mass is 473 g/mol. The van der Waals surface area contributed by atoms with Crippen LogP contribution in [-0.2, 0) is 19.2 Å². The molecule has 0 bridgehead atoms. The smallest absolute Gasteiger partial charge is 0.326 e. The van der Waals surface area contributed by atoms with Crippen LogP contribution in [-0.4, -0.2) is 76.7 Å². The third kappa shape index (κ3) is 11.0. The van der Waals surface area contributed by atoms with Crippen LogP contribution in [0, 0.1) is 11.8 Å². The molecule has 5 atom stereocenters. The molecule has 33 heavy (non-hydrogen) atoms. The molecule has 0 aliphatic rings. The van der Waals surface area contributed by atoms with Crippen LogP contribution in [0.1, 0.15) is 47.5 Å². The molecule has 0 aliphatic carbocycles. The molecule has 0 rings (SSSR count). The van der Waals surface area contributed by atoms with Crippen molar-refractivity contribution in [2.75, 3.05) is 6.54 Å². The number of nitrogens with zero attached hydrogens (tertiary/aromatic N) is 1. The molecule has 190 valence electrons. The highest BCUT2D eigenvalue weighted by molar-refractivity contribution is 5.94. The number of aliphatic carboxylic acids is 1. The van der Waals surface area contributed by atoms with Gasteiger partial charge in [-0.2, -0.15) is 0 Å². The second-order valence-corrected chi connectivity index (χ2v) is 8.58. The number of carbonyl (C=O) groups is 4. The predicted octanol–water partition coefficient (Wildman–Crippen LogP) is -2.40. The molecule has 0 spiro atoms. The summed E-state index contributed by atoms with van der Waals surface area (Å²) in [5, 5.41) is 26.7. The number of carboxylic acid groups (broad SMARTS) is 1. The maximum Gasteiger partial charge on any atom is 0.326 e. The SMILES string of the molecule is CC(C)C(N)C(=O)NC(C(=O)NC(C(=O)NC(CCCN=C(N)N)C(=O)O)C(C)O)C(C)C. The number of carbonyl (C=O) groups excluding carboxylic acids is 3. The van der Waals surface area contributed by atoms with Crippen molar-refractivity contribution in [3.8, 4) is 0 Å². The number of hydrogen-bond acceptors (Lipinski definition) is 7. The molecule has 3 amide bonds. The molecule has 0 aromatic heterocycles. The number of hydrogen-bond donors (Lipinski definition) is 8. The van der Waals surface area contributed by atoms with Crippen LogP contribution in [0.25, 0.3) is 0 Å². The fourth-order valence-electron chi connectivity index (χ4n) is 2.76. The number of aliphatic hydroxyl groups is 1. The van der Waals surface area contributed by atoms with Crippen LogP contribution in [0.4, 0.5) is 0 Å². The van der Waals surface area contributed by atoms with E-state index in [9.17, 15) is 29.4 Å². The van der Waals surface area contributed by atoms with E-state index in [1.807, 2.05) is 0 Å². The molecule has 13 nitrogen and oxygen atoms in total. The molecule has 0 aliphatic heterocycles. The summed E-state index contributed by atoms with van der Waals surface area (Å²) < 4.78 is 0. The van der Waals surface area contributed by atoms with Crippen LogP contribution >= 0.6 is 0 Å². The largest absolute Gasteiger partial charge is 0.480 e. The van der Waals surface area contributed by atoms with E-state index in [0.29, 0.717) is 0 Å². The molecule has 0 saturated carbocycles. The highest BCUT2D eigenvalue weighted by Gasteiger charge is 2.33. The van der Waals surface area contributed by atoms with Gasteiger partial charge < -0.3 is 43.4 Å². The van der Waals surface area contributed by atoms with E-state index in [2.05, 4.69) is 20.9 Å². The van der Waals surface area contributed by atoms with Crippen LogP contribution in [0.5, 0.6) is 0 Å². The third-order valence-electron chi connectivity index (χ3n) is 4.89. The highest BCUT2D eigenvalue weighted by Crippen LogP contribution is 2.07. The summed E-state index contributed by atoms with van der Waals surface area (Å²) in [6.07, 6.45) is -1.04. The average Bonchev–Trinajstić information content (AvgIpc) is 2.70. The summed E-state index contributed by atoms with van der Waals surface area (Å²) >= 11 is 0. The van der Waals surface area contributed by atoms with Crippen LogP contribution in [0.3, 0.4) is 0 Å². The van der Waals surface area contributed by atoms with Crippen molar-refractivity contribution in [1.29, 1.82) is 0 Å². The number of aliphatic imine (C=N–C) groups is 1. The first kappa shape index (κ1) is 30.1. The predicted molar refractivity (Wildman–Crippen MR) is 123 cm³/mol. The fraction of sp³-hybridized carbons (Fsp3) is 0.750. The lowest BCUT2D eigenvalue weighted by Crippen LogP contribution is -2.61. The van der Waals surface area contributed by atoms with Gasteiger partial charge in [0.2, 0.25) is 17.7 Å². The van der Waals surface area contributed by atoms with Crippen molar-refractivity contribution in [3.63, 3.8) is 0 Å². The minimum atomic E-state index is -1.45. The van der Waals surface area contributed by atoms with Gasteiger partial charge in [-0.3, -0.25) is 19.4 Å². The van der Waals surface area contributed by atoms with E-state index in [4.69, 9.17) is 17.2 Å². The van der Waals surface area contributed by atoms with E-state index in [0.717, 1.165) is 0 Å². The Bertz CT molecular complexity index is 707. The van der Waals surface area contributed by atoms with Gasteiger partial charge in [0.15, 0.2) is 5.96 Å². The molecule has 0 aromatic rings. The number of rotatable bonds is 14. The highest BCUT2D eigenvalue weighted by atomic mass is 16.4. The number of carboxylic acids is 1. The number of aliphatic hydroxyl groups excluding tert-OH is 1. The Balaban J connectivity index is 5.31. The van der Waals surface area contributed by atoms with Crippen molar-refractivity contribution in [2.45, 2.75) is 77.7 Å². The summed E-state index contributed by atoms with van der Waals surface area (Å²) in [6, 6.07) is -4.58. The first-order valence-electron chi connectivity index (χ1n) is 10.8. The second-order valence-electron chi connectivity index (χ2n) is 8.58. The molecule has 0 aromatic carbocycles. The van der Waals surface area contributed by atoms with Gasteiger partial charge in [0.25, 0.3) is 0 Å². The van der Waals surface area contributed by atoms with Gasteiger partial charge in [-0.05, 0) is 31.6 Å². The lowest BCUT2D eigenvalue weighted by Gasteiger charge is -2.28. The Labute approximate surface area is 193 Å². The molecule has 5 unspecified atom stereocenters. The van der Waals surface area contributed by atoms with E-state index < -0.39 is 54.0 Å². The zero-order valence-corrected chi connectivity index (χ0v) is 19.9. The van der Waals surface area contributed by atoms with Crippen molar-refractivity contribution in [2.24, 2.45) is 34.0 Å². The van der Waals surface area contributed by atoms with Crippen molar-refractivity contribution in [1.82, 2.24) is 16.0 Å². The first-order chi connectivity index (χ1) is 15.2. The Hall–Kier alpha value is -2.93. The number of nitrogens with one attached hydrogen (secondary N) is 3. The van der Waals surface area contributed by atoms with Crippen molar-refractivity contribution >= 4 is 29.7 Å². The van der Waals surface area contributed by atoms with Gasteiger partial charge in [-0.15, -0.1) is 0 Å². The summed E-state index contributed by atoms with van der Waals surface area (Å²) in [7, 11) is 0. The minimum Gasteiger partial charge on any atom is -0.480 e. The number of guanidine groups is 1. The molecular weight excluding hydrogens is 434 g/mol. The fourth-order valence-corrected chi connectivity index (χ4v) is 2.76. The maximum absolute atomic E-state index is 12.8. The van der Waals surface area contributed by atoms with Crippen LogP contribution in [0.2, 0.25) is 0 Å². The van der Waals surface area contributed by atoms with E-state index in [1.165, 1.54) is 6.92 Å². The first-order valence-corrected chi connectivity index (χ1v) is 10.8. The normalized spacial score (nSPS) is 15.7. The van der Waals surface area contributed by atoms with Gasteiger partial charge in [0, 0.05) is 6.54 Å². The molecule has 0 saturated heterocycles. The molecule has 0 fully saturated rings. The number of amides is 3. The maximum atomic E-state index is 12.8. The van der Waals surface area contributed by atoms with Crippen LogP contribution < -0.4 is 33.2 Å². The Morgan fingerprint density at radius 1 is 0.848 bits per heavy atom. The number of nitrogens with two attached hydrogens (primary N) is 3. The van der Waals surface area contributed by atoms with E-state index in [1.54, 1.807) is 27.7 Å². The summed E-state index contributed by atoms with van der Waals surface area (Å²) in [5.41, 5.74) is 16.3.